The van der Waals surface area contributed by atoms with Crippen molar-refractivity contribution < 1.29 is 13.9 Å². The van der Waals surface area contributed by atoms with Gasteiger partial charge in [0.15, 0.2) is 4.34 Å². The van der Waals surface area contributed by atoms with Crippen molar-refractivity contribution in [1.82, 2.24) is 4.98 Å². The van der Waals surface area contributed by atoms with Crippen molar-refractivity contribution in [2.45, 2.75) is 47.4 Å². The lowest BCUT2D eigenvalue weighted by molar-refractivity contribution is -0.00681. The highest BCUT2D eigenvalue weighted by molar-refractivity contribution is 8.01. The topological polar surface area (TPSA) is 63.3 Å². The van der Waals surface area contributed by atoms with Crippen LogP contribution in [0.5, 0.6) is 0 Å². The Bertz CT molecular complexity index is 1410. The van der Waals surface area contributed by atoms with Crippen LogP contribution in [0, 0.1) is 24.6 Å². The van der Waals surface area contributed by atoms with E-state index in [1.54, 1.807) is 23.5 Å². The van der Waals surface area contributed by atoms with E-state index in [9.17, 15) is 14.3 Å². The number of hydrogen-bond donors (Lipinski definition) is 1. The molecule has 2 aliphatic carbocycles. The Morgan fingerprint density at radius 1 is 1.12 bits per heavy atom. The van der Waals surface area contributed by atoms with Gasteiger partial charge in [0.2, 0.25) is 0 Å². The maximum Gasteiger partial charge on any atom is 0.336 e. The first-order chi connectivity index (χ1) is 15.9. The van der Waals surface area contributed by atoms with Crippen LogP contribution in [0.15, 0.2) is 67.1 Å². The van der Waals surface area contributed by atoms with Crippen LogP contribution in [-0.2, 0) is 5.60 Å². The van der Waals surface area contributed by atoms with Crippen LogP contribution >= 0.6 is 23.1 Å². The Morgan fingerprint density at radius 2 is 1.82 bits per heavy atom. The summed E-state index contributed by atoms with van der Waals surface area (Å²) in [7, 11) is 0. The fourth-order valence-corrected chi connectivity index (χ4v) is 6.97. The molecule has 4 nitrogen and oxygen atoms in total. The SMILES string of the molecule is Cc1c(Sc2ncc(C(O)(C3CC3)C3CC3)s2)ccc2c(-c3ccc(F)cc3)cc(=O)oc12. The third-order valence-electron chi connectivity index (χ3n) is 6.74. The highest BCUT2D eigenvalue weighted by atomic mass is 32.2. The van der Waals surface area contributed by atoms with Gasteiger partial charge in [0.05, 0.1) is 4.88 Å². The molecule has 0 radical (unpaired) electrons. The maximum atomic E-state index is 13.4. The number of hydrogen-bond acceptors (Lipinski definition) is 6. The minimum Gasteiger partial charge on any atom is -0.422 e. The molecule has 33 heavy (non-hydrogen) atoms. The van der Waals surface area contributed by atoms with Crippen LogP contribution in [0.1, 0.15) is 36.1 Å². The Labute approximate surface area is 198 Å². The summed E-state index contributed by atoms with van der Waals surface area (Å²) in [5.74, 6) is 0.411. The molecule has 2 aromatic heterocycles. The summed E-state index contributed by atoms with van der Waals surface area (Å²) in [6.45, 7) is 1.93. The fourth-order valence-electron chi connectivity index (χ4n) is 4.69. The number of fused-ring (bicyclic) bond motifs is 1. The van der Waals surface area contributed by atoms with E-state index in [1.165, 1.54) is 30.0 Å². The van der Waals surface area contributed by atoms with Gasteiger partial charge in [-0.15, -0.1) is 11.3 Å². The van der Waals surface area contributed by atoms with Crippen LogP contribution < -0.4 is 5.63 Å². The Hall–Kier alpha value is -2.48. The van der Waals surface area contributed by atoms with Gasteiger partial charge in [0.1, 0.15) is 17.0 Å². The van der Waals surface area contributed by atoms with E-state index in [0.717, 1.165) is 61.9 Å². The van der Waals surface area contributed by atoms with Crippen LogP contribution in [0.25, 0.3) is 22.1 Å². The number of benzene rings is 2. The summed E-state index contributed by atoms with van der Waals surface area (Å²) < 4.78 is 19.8. The molecule has 0 saturated heterocycles. The average molecular weight is 480 g/mol. The van der Waals surface area contributed by atoms with Gasteiger partial charge >= 0.3 is 5.63 Å². The van der Waals surface area contributed by atoms with Crippen LogP contribution in [0.3, 0.4) is 0 Å². The van der Waals surface area contributed by atoms with Crippen LogP contribution in [0.4, 0.5) is 4.39 Å². The molecule has 168 valence electrons. The van der Waals surface area contributed by atoms with Crippen molar-refractivity contribution in [3.63, 3.8) is 0 Å². The number of aliphatic hydroxyl groups is 1. The molecule has 0 amide bonds. The van der Waals surface area contributed by atoms with Gasteiger partial charge in [-0.2, -0.15) is 0 Å². The second kappa shape index (κ2) is 7.79. The summed E-state index contributed by atoms with van der Waals surface area (Å²) in [5.41, 5.74) is 1.70. The lowest BCUT2D eigenvalue weighted by atomic mass is 9.90. The molecule has 4 aromatic rings. The van der Waals surface area contributed by atoms with Crippen molar-refractivity contribution in [3.05, 3.63) is 75.3 Å². The average Bonchev–Trinajstić information content (AvgIpc) is 3.73. The van der Waals surface area contributed by atoms with Crippen molar-refractivity contribution >= 4 is 34.1 Å². The Kier molecular flexibility index (Phi) is 4.98. The number of rotatable bonds is 6. The number of halogens is 1. The first kappa shape index (κ1) is 21.1. The van der Waals surface area contributed by atoms with Crippen molar-refractivity contribution in [2.75, 3.05) is 0 Å². The minimum absolute atomic E-state index is 0.320. The van der Waals surface area contributed by atoms with Crippen molar-refractivity contribution in [3.8, 4) is 11.1 Å². The number of aromatic nitrogens is 1. The lowest BCUT2D eigenvalue weighted by Gasteiger charge is -2.26. The molecule has 0 atom stereocenters. The summed E-state index contributed by atoms with van der Waals surface area (Å²) >= 11 is 3.09. The van der Waals surface area contributed by atoms with E-state index in [2.05, 4.69) is 4.98 Å². The van der Waals surface area contributed by atoms with E-state index in [1.807, 2.05) is 25.3 Å². The standard InChI is InChI=1S/C26H22FNO3S2/c1-14-21(32-25-28-13-22(33-25)26(30,16-4-5-16)17-6-7-17)11-10-19-20(12-23(29)31-24(14)19)15-2-8-18(27)9-3-15/h2-3,8-13,16-17,30H,4-7H2,1H3. The smallest absolute Gasteiger partial charge is 0.336 e. The first-order valence-electron chi connectivity index (χ1n) is 11.1. The monoisotopic (exact) mass is 479 g/mol. The highest BCUT2D eigenvalue weighted by Gasteiger charge is 2.55. The molecule has 6 rings (SSSR count). The second-order valence-electron chi connectivity index (χ2n) is 9.02. The van der Waals surface area contributed by atoms with Gasteiger partial charge in [-0.1, -0.05) is 23.9 Å². The van der Waals surface area contributed by atoms with E-state index in [0.29, 0.717) is 17.4 Å². The normalized spacial score (nSPS) is 16.5. The van der Waals surface area contributed by atoms with Crippen molar-refractivity contribution in [2.24, 2.45) is 11.8 Å². The molecule has 2 saturated carbocycles. The summed E-state index contributed by atoms with van der Waals surface area (Å²) in [4.78, 5) is 18.9. The molecule has 7 heteroatoms. The van der Waals surface area contributed by atoms with Gasteiger partial charge in [0, 0.05) is 28.1 Å². The lowest BCUT2D eigenvalue weighted by Crippen LogP contribution is -2.29. The van der Waals surface area contributed by atoms with Crippen LogP contribution in [0.2, 0.25) is 0 Å². The molecular weight excluding hydrogens is 457 g/mol. The zero-order chi connectivity index (χ0) is 22.7. The first-order valence-corrected chi connectivity index (χ1v) is 12.8. The Balaban J connectivity index is 1.36. The number of thiazole rings is 1. The fraction of sp³-hybridized carbons (Fsp3) is 0.308. The molecule has 0 spiro atoms. The van der Waals surface area contributed by atoms with E-state index < -0.39 is 11.2 Å². The summed E-state index contributed by atoms with van der Waals surface area (Å²) in [6, 6.07) is 11.5. The van der Waals surface area contributed by atoms with E-state index in [4.69, 9.17) is 4.42 Å². The summed E-state index contributed by atoms with van der Waals surface area (Å²) in [6.07, 6.45) is 6.20. The van der Waals surface area contributed by atoms with Gasteiger partial charge in [0.25, 0.3) is 0 Å². The molecule has 0 bridgehead atoms. The molecule has 2 heterocycles. The van der Waals surface area contributed by atoms with Crippen LogP contribution in [-0.4, -0.2) is 10.1 Å². The third-order valence-corrected chi connectivity index (χ3v) is 9.12. The van der Waals surface area contributed by atoms with Crippen molar-refractivity contribution in [1.29, 1.82) is 0 Å². The van der Waals surface area contributed by atoms with E-state index >= 15 is 0 Å². The highest BCUT2D eigenvalue weighted by Crippen LogP contribution is 2.58. The largest absolute Gasteiger partial charge is 0.422 e. The number of nitrogens with zero attached hydrogens (tertiary/aromatic N) is 1. The molecular formula is C26H22FNO3S2. The molecule has 0 unspecified atom stereocenters. The molecule has 1 N–H and O–H groups in total. The summed E-state index contributed by atoms with van der Waals surface area (Å²) in [5, 5.41) is 12.2. The minimum atomic E-state index is -0.717. The maximum absolute atomic E-state index is 13.4. The molecule has 2 fully saturated rings. The molecule has 2 aliphatic rings. The Morgan fingerprint density at radius 3 is 2.48 bits per heavy atom. The van der Waals surface area contributed by atoms with Gasteiger partial charge in [-0.3, -0.25) is 0 Å². The second-order valence-corrected chi connectivity index (χ2v) is 11.3. The quantitative estimate of drug-likeness (QED) is 0.319. The van der Waals surface area contributed by atoms with Gasteiger partial charge in [-0.25, -0.2) is 14.2 Å². The number of aryl methyl sites for hydroxylation is 1. The van der Waals surface area contributed by atoms with Gasteiger partial charge in [-0.05, 0) is 79.8 Å². The predicted molar refractivity (Wildman–Crippen MR) is 128 cm³/mol. The third kappa shape index (κ3) is 3.72. The zero-order valence-corrected chi connectivity index (χ0v) is 19.6. The zero-order valence-electron chi connectivity index (χ0n) is 18.0. The molecule has 0 aliphatic heterocycles. The molecule has 2 aromatic carbocycles. The predicted octanol–water partition coefficient (Wildman–Crippen LogP) is 6.52. The van der Waals surface area contributed by atoms with Gasteiger partial charge < -0.3 is 9.52 Å². The van der Waals surface area contributed by atoms with E-state index in [-0.39, 0.29) is 5.82 Å².